The highest BCUT2D eigenvalue weighted by atomic mass is 17.2. The minimum atomic E-state index is -0.733. The smallest absolute Gasteiger partial charge is 0.394 e. The number of benzene rings is 1. The van der Waals surface area contributed by atoms with Crippen LogP contribution in [0.3, 0.4) is 0 Å². The van der Waals surface area contributed by atoms with Crippen LogP contribution in [0.4, 0.5) is 6.01 Å². The molecule has 0 unspecified atom stereocenters. The first-order valence-corrected chi connectivity index (χ1v) is 5.25. The third kappa shape index (κ3) is 2.67. The maximum absolute atomic E-state index is 11.5. The van der Waals surface area contributed by atoms with Crippen molar-refractivity contribution in [2.45, 2.75) is 6.42 Å². The van der Waals surface area contributed by atoms with Crippen molar-refractivity contribution in [3.8, 4) is 0 Å². The van der Waals surface area contributed by atoms with E-state index >= 15 is 0 Å². The van der Waals surface area contributed by atoms with E-state index in [1.807, 2.05) is 30.3 Å². The third-order valence-corrected chi connectivity index (χ3v) is 2.27. The predicted molar refractivity (Wildman–Crippen MR) is 62.6 cm³/mol. The molecule has 0 radical (unpaired) electrons. The van der Waals surface area contributed by atoms with E-state index in [2.05, 4.69) is 14.8 Å². The number of rotatable bonds is 4. The quantitative estimate of drug-likeness (QED) is 0.652. The van der Waals surface area contributed by atoms with Gasteiger partial charge in [0.15, 0.2) is 5.69 Å². The lowest BCUT2D eigenvalue weighted by Gasteiger charge is -2.00. The lowest BCUT2D eigenvalue weighted by atomic mass is 10.1. The molecule has 2 aromatic rings. The number of aromatic nitrogens is 1. The van der Waals surface area contributed by atoms with Gasteiger partial charge in [0.05, 0.1) is 7.11 Å². The van der Waals surface area contributed by atoms with E-state index in [1.165, 1.54) is 7.11 Å². The van der Waals surface area contributed by atoms with Crippen LogP contribution in [0.1, 0.15) is 21.8 Å². The lowest BCUT2D eigenvalue weighted by Crippen LogP contribution is -2.07. The van der Waals surface area contributed by atoms with E-state index in [0.717, 1.165) is 5.56 Å². The summed E-state index contributed by atoms with van der Waals surface area (Å²) in [6.07, 6.45) is 0.402. The second-order valence-electron chi connectivity index (χ2n) is 3.52. The number of carbonyl (C=O) groups is 1. The zero-order chi connectivity index (χ0) is 13.0. The maximum Gasteiger partial charge on any atom is 0.394 e. The molecule has 1 heterocycles. The summed E-state index contributed by atoms with van der Waals surface area (Å²) in [6.45, 7) is 0. The summed E-state index contributed by atoms with van der Waals surface area (Å²) in [5.74, 6) is -0.385. The molecule has 2 N–H and O–H groups in total. The molecule has 0 saturated carbocycles. The van der Waals surface area contributed by atoms with Crippen molar-refractivity contribution in [2.75, 3.05) is 12.8 Å². The van der Waals surface area contributed by atoms with Crippen molar-refractivity contribution in [3.63, 3.8) is 0 Å². The van der Waals surface area contributed by atoms with Crippen LogP contribution in [0.15, 0.2) is 34.7 Å². The Bertz CT molecular complexity index is 536. The summed E-state index contributed by atoms with van der Waals surface area (Å²) in [4.78, 5) is 24.0. The van der Waals surface area contributed by atoms with Gasteiger partial charge in [-0.25, -0.2) is 4.79 Å². The fourth-order valence-corrected chi connectivity index (χ4v) is 1.55. The SMILES string of the molecule is COOC(=O)c1nc(N)oc1Cc1ccccc1. The summed E-state index contributed by atoms with van der Waals surface area (Å²) in [6, 6.07) is 9.42. The van der Waals surface area contributed by atoms with E-state index in [0.29, 0.717) is 12.2 Å². The summed E-state index contributed by atoms with van der Waals surface area (Å²) in [7, 11) is 1.23. The van der Waals surface area contributed by atoms with Crippen LogP contribution in [-0.2, 0) is 16.2 Å². The molecule has 0 spiro atoms. The Morgan fingerprint density at radius 1 is 1.39 bits per heavy atom. The van der Waals surface area contributed by atoms with Gasteiger partial charge < -0.3 is 10.2 Å². The van der Waals surface area contributed by atoms with Crippen LogP contribution in [0, 0.1) is 0 Å². The minimum Gasteiger partial charge on any atom is -0.428 e. The molecule has 94 valence electrons. The van der Waals surface area contributed by atoms with Gasteiger partial charge in [-0.15, -0.1) is 0 Å². The molecule has 18 heavy (non-hydrogen) atoms. The number of oxazole rings is 1. The van der Waals surface area contributed by atoms with Gasteiger partial charge in [0, 0.05) is 6.42 Å². The Balaban J connectivity index is 2.25. The van der Waals surface area contributed by atoms with Gasteiger partial charge in [-0.1, -0.05) is 30.3 Å². The van der Waals surface area contributed by atoms with E-state index in [9.17, 15) is 4.79 Å². The van der Waals surface area contributed by atoms with Crippen LogP contribution < -0.4 is 5.73 Å². The molecule has 1 aromatic carbocycles. The Kier molecular flexibility index (Phi) is 3.59. The number of nitrogens with two attached hydrogens (primary N) is 1. The topological polar surface area (TPSA) is 87.6 Å². The van der Waals surface area contributed by atoms with Crippen LogP contribution in [-0.4, -0.2) is 18.1 Å². The molecule has 0 bridgehead atoms. The van der Waals surface area contributed by atoms with Crippen LogP contribution in [0.2, 0.25) is 0 Å². The zero-order valence-corrected chi connectivity index (χ0v) is 9.75. The van der Waals surface area contributed by atoms with Crippen molar-refractivity contribution in [3.05, 3.63) is 47.3 Å². The lowest BCUT2D eigenvalue weighted by molar-refractivity contribution is -0.216. The second-order valence-corrected chi connectivity index (χ2v) is 3.52. The Labute approximate surface area is 103 Å². The van der Waals surface area contributed by atoms with Crippen molar-refractivity contribution in [1.82, 2.24) is 4.98 Å². The van der Waals surface area contributed by atoms with Crippen LogP contribution in [0.5, 0.6) is 0 Å². The molecule has 0 saturated heterocycles. The largest absolute Gasteiger partial charge is 0.428 e. The average molecular weight is 248 g/mol. The van der Waals surface area contributed by atoms with Gasteiger partial charge >= 0.3 is 5.97 Å². The normalized spacial score (nSPS) is 10.3. The number of nitrogen functional groups attached to an aromatic ring is 1. The molecule has 6 nitrogen and oxygen atoms in total. The maximum atomic E-state index is 11.5. The third-order valence-electron chi connectivity index (χ3n) is 2.27. The van der Waals surface area contributed by atoms with E-state index in [4.69, 9.17) is 10.2 Å². The summed E-state index contributed by atoms with van der Waals surface area (Å²) in [5.41, 5.74) is 6.44. The summed E-state index contributed by atoms with van der Waals surface area (Å²) < 4.78 is 5.20. The molecule has 0 aliphatic carbocycles. The number of nitrogens with zero attached hydrogens (tertiary/aromatic N) is 1. The van der Waals surface area contributed by atoms with Crippen LogP contribution in [0.25, 0.3) is 0 Å². The minimum absolute atomic E-state index is 0.0261. The predicted octanol–water partition coefficient (Wildman–Crippen LogP) is 1.57. The number of anilines is 1. The van der Waals surface area contributed by atoms with E-state index in [1.54, 1.807) is 0 Å². The standard InChI is InChI=1S/C12H12N2O4/c1-16-18-11(15)10-9(17-12(13)14-10)7-8-5-3-2-4-6-8/h2-6H,7H2,1H3,(H2,13,14). The molecule has 0 fully saturated rings. The van der Waals surface area contributed by atoms with Crippen molar-refractivity contribution in [2.24, 2.45) is 0 Å². The highest BCUT2D eigenvalue weighted by molar-refractivity contribution is 5.88. The zero-order valence-electron chi connectivity index (χ0n) is 9.75. The molecule has 2 rings (SSSR count). The fraction of sp³-hybridized carbons (Fsp3) is 0.167. The number of carbonyl (C=O) groups excluding carboxylic acids is 1. The molecule has 6 heteroatoms. The Hall–Kier alpha value is -2.34. The Morgan fingerprint density at radius 2 is 2.11 bits per heavy atom. The number of hydrogen-bond donors (Lipinski definition) is 1. The average Bonchev–Trinajstić information content (AvgIpc) is 2.72. The van der Waals surface area contributed by atoms with Gasteiger partial charge in [-0.2, -0.15) is 9.87 Å². The molecule has 0 amide bonds. The molecule has 1 aromatic heterocycles. The summed E-state index contributed by atoms with van der Waals surface area (Å²) >= 11 is 0. The van der Waals surface area contributed by atoms with Crippen LogP contribution >= 0.6 is 0 Å². The first-order valence-electron chi connectivity index (χ1n) is 5.25. The van der Waals surface area contributed by atoms with Crippen molar-refractivity contribution in [1.29, 1.82) is 0 Å². The fourth-order valence-electron chi connectivity index (χ4n) is 1.55. The second kappa shape index (κ2) is 5.33. The van der Waals surface area contributed by atoms with Crippen molar-refractivity contribution < 1.29 is 19.0 Å². The monoisotopic (exact) mass is 248 g/mol. The Morgan fingerprint density at radius 3 is 2.78 bits per heavy atom. The number of hydrogen-bond acceptors (Lipinski definition) is 6. The molecule has 0 atom stereocenters. The van der Waals surface area contributed by atoms with Crippen molar-refractivity contribution >= 4 is 12.0 Å². The first kappa shape index (κ1) is 12.1. The molecule has 0 aliphatic rings. The van der Waals surface area contributed by atoms with E-state index in [-0.39, 0.29) is 11.7 Å². The highest BCUT2D eigenvalue weighted by Gasteiger charge is 2.21. The molecule has 0 aliphatic heterocycles. The van der Waals surface area contributed by atoms with Gasteiger partial charge in [-0.3, -0.25) is 4.89 Å². The van der Waals surface area contributed by atoms with Gasteiger partial charge in [0.2, 0.25) is 0 Å². The van der Waals surface area contributed by atoms with Gasteiger partial charge in [0.25, 0.3) is 6.01 Å². The van der Waals surface area contributed by atoms with Gasteiger partial charge in [0.1, 0.15) is 5.76 Å². The summed E-state index contributed by atoms with van der Waals surface area (Å²) in [5, 5.41) is 0. The van der Waals surface area contributed by atoms with E-state index < -0.39 is 5.97 Å². The van der Waals surface area contributed by atoms with Gasteiger partial charge in [-0.05, 0) is 5.56 Å². The molecular weight excluding hydrogens is 236 g/mol. The highest BCUT2D eigenvalue weighted by Crippen LogP contribution is 2.18. The first-order chi connectivity index (χ1) is 8.70. The molecular formula is C12H12N2O4.